The zero-order chi connectivity index (χ0) is 15.4. The monoisotopic (exact) mass is 291 g/mol. The van der Waals surface area contributed by atoms with Crippen LogP contribution in [0, 0.1) is 11.6 Å². The van der Waals surface area contributed by atoms with E-state index in [4.69, 9.17) is 10.9 Å². The van der Waals surface area contributed by atoms with Gasteiger partial charge in [0.25, 0.3) is 0 Å². The molecule has 0 atom stereocenters. The summed E-state index contributed by atoms with van der Waals surface area (Å²) in [6, 6.07) is 10.2. The number of nitrogens with zero attached hydrogens (tertiary/aromatic N) is 2. The Morgan fingerprint density at radius 1 is 1.19 bits per heavy atom. The largest absolute Gasteiger partial charge is 0.409 e. The van der Waals surface area contributed by atoms with Gasteiger partial charge in [-0.2, -0.15) is 0 Å². The van der Waals surface area contributed by atoms with Crippen LogP contribution in [0.25, 0.3) is 0 Å². The fourth-order valence-corrected chi connectivity index (χ4v) is 2.09. The summed E-state index contributed by atoms with van der Waals surface area (Å²) in [4.78, 5) is 1.77. The maximum Gasteiger partial charge on any atom is 0.172 e. The molecule has 0 aliphatic rings. The van der Waals surface area contributed by atoms with Gasteiger partial charge in [0.15, 0.2) is 5.84 Å². The molecule has 3 N–H and O–H groups in total. The van der Waals surface area contributed by atoms with Gasteiger partial charge < -0.3 is 15.8 Å². The highest BCUT2D eigenvalue weighted by Crippen LogP contribution is 2.22. The number of amidine groups is 1. The van der Waals surface area contributed by atoms with Crippen molar-refractivity contribution in [3.8, 4) is 0 Å². The van der Waals surface area contributed by atoms with Crippen molar-refractivity contribution in [1.29, 1.82) is 0 Å². The summed E-state index contributed by atoms with van der Waals surface area (Å²) >= 11 is 0. The molecule has 110 valence electrons. The molecule has 21 heavy (non-hydrogen) atoms. The van der Waals surface area contributed by atoms with Gasteiger partial charge in [0.2, 0.25) is 0 Å². The molecule has 0 aliphatic carbocycles. The van der Waals surface area contributed by atoms with Gasteiger partial charge in [-0.1, -0.05) is 17.3 Å². The van der Waals surface area contributed by atoms with E-state index >= 15 is 0 Å². The third-order valence-corrected chi connectivity index (χ3v) is 3.06. The molecule has 0 spiro atoms. The predicted octanol–water partition coefficient (Wildman–Crippen LogP) is 2.70. The van der Waals surface area contributed by atoms with Crippen molar-refractivity contribution in [3.05, 3.63) is 65.2 Å². The Kier molecular flexibility index (Phi) is 4.37. The van der Waals surface area contributed by atoms with Gasteiger partial charge in [0.05, 0.1) is 0 Å². The highest BCUT2D eigenvalue weighted by molar-refractivity contribution is 6.02. The third kappa shape index (κ3) is 3.47. The first-order valence-electron chi connectivity index (χ1n) is 6.24. The molecule has 2 aromatic carbocycles. The number of benzene rings is 2. The van der Waals surface area contributed by atoms with E-state index in [-0.39, 0.29) is 17.2 Å². The molecule has 0 amide bonds. The molecule has 0 radical (unpaired) electrons. The van der Waals surface area contributed by atoms with Crippen molar-refractivity contribution in [2.75, 3.05) is 11.9 Å². The van der Waals surface area contributed by atoms with Crippen LogP contribution in [0.1, 0.15) is 11.1 Å². The number of rotatable bonds is 4. The quantitative estimate of drug-likeness (QED) is 0.394. The second-order valence-corrected chi connectivity index (χ2v) is 4.63. The van der Waals surface area contributed by atoms with Crippen LogP contribution in [-0.2, 0) is 6.54 Å². The van der Waals surface area contributed by atoms with Crippen molar-refractivity contribution in [2.24, 2.45) is 10.9 Å². The average Bonchev–Trinajstić information content (AvgIpc) is 2.46. The topological polar surface area (TPSA) is 61.8 Å². The Labute approximate surface area is 121 Å². The summed E-state index contributed by atoms with van der Waals surface area (Å²) in [5.74, 6) is -0.994. The lowest BCUT2D eigenvalue weighted by Gasteiger charge is -2.22. The molecule has 0 saturated heterocycles. The number of oxime groups is 1. The van der Waals surface area contributed by atoms with Gasteiger partial charge in [0, 0.05) is 24.8 Å². The van der Waals surface area contributed by atoms with Gasteiger partial charge in [-0.25, -0.2) is 8.78 Å². The van der Waals surface area contributed by atoms with E-state index in [0.717, 1.165) is 5.56 Å². The normalized spacial score (nSPS) is 11.5. The number of hydrogen-bond acceptors (Lipinski definition) is 3. The molecule has 0 heterocycles. The van der Waals surface area contributed by atoms with E-state index < -0.39 is 5.82 Å². The maximum atomic E-state index is 13.3. The van der Waals surface area contributed by atoms with Crippen molar-refractivity contribution in [3.63, 3.8) is 0 Å². The van der Waals surface area contributed by atoms with Crippen LogP contribution in [0.15, 0.2) is 47.6 Å². The van der Waals surface area contributed by atoms with E-state index in [1.54, 1.807) is 24.1 Å². The van der Waals surface area contributed by atoms with Crippen molar-refractivity contribution in [2.45, 2.75) is 6.54 Å². The van der Waals surface area contributed by atoms with Gasteiger partial charge >= 0.3 is 0 Å². The second kappa shape index (κ2) is 6.21. The van der Waals surface area contributed by atoms with Gasteiger partial charge in [-0.3, -0.25) is 0 Å². The fraction of sp³-hybridized carbons (Fsp3) is 0.133. The van der Waals surface area contributed by atoms with Gasteiger partial charge in [-0.15, -0.1) is 0 Å². The molecule has 0 unspecified atom stereocenters. The van der Waals surface area contributed by atoms with Gasteiger partial charge in [0.1, 0.15) is 11.6 Å². The van der Waals surface area contributed by atoms with Gasteiger partial charge in [-0.05, 0) is 35.9 Å². The van der Waals surface area contributed by atoms with Crippen LogP contribution in [0.2, 0.25) is 0 Å². The van der Waals surface area contributed by atoms with E-state index in [0.29, 0.717) is 12.2 Å². The second-order valence-electron chi connectivity index (χ2n) is 4.63. The van der Waals surface area contributed by atoms with E-state index in [2.05, 4.69) is 5.16 Å². The Balaban J connectivity index is 2.33. The lowest BCUT2D eigenvalue weighted by molar-refractivity contribution is 0.318. The molecule has 4 nitrogen and oxygen atoms in total. The minimum atomic E-state index is -0.487. The minimum Gasteiger partial charge on any atom is -0.409 e. The molecule has 0 aromatic heterocycles. The van der Waals surface area contributed by atoms with Crippen molar-refractivity contribution >= 4 is 11.5 Å². The first-order chi connectivity index (χ1) is 10.0. The molecule has 0 aliphatic heterocycles. The van der Waals surface area contributed by atoms with Crippen molar-refractivity contribution in [1.82, 2.24) is 0 Å². The minimum absolute atomic E-state index is 0.185. The summed E-state index contributed by atoms with van der Waals surface area (Å²) in [6.45, 7) is 0.398. The molecule has 2 aromatic rings. The zero-order valence-electron chi connectivity index (χ0n) is 11.4. The van der Waals surface area contributed by atoms with E-state index in [9.17, 15) is 8.78 Å². The van der Waals surface area contributed by atoms with Crippen molar-refractivity contribution < 1.29 is 14.0 Å². The third-order valence-electron chi connectivity index (χ3n) is 3.06. The van der Waals surface area contributed by atoms with E-state index in [1.165, 1.54) is 30.3 Å². The van der Waals surface area contributed by atoms with Crippen LogP contribution in [0.4, 0.5) is 14.5 Å². The Bertz CT molecular complexity index is 674. The Morgan fingerprint density at radius 3 is 2.57 bits per heavy atom. The van der Waals surface area contributed by atoms with Crippen LogP contribution in [-0.4, -0.2) is 18.1 Å². The number of halogens is 2. The predicted molar refractivity (Wildman–Crippen MR) is 77.4 cm³/mol. The Morgan fingerprint density at radius 2 is 1.90 bits per heavy atom. The molecule has 0 fully saturated rings. The summed E-state index contributed by atoms with van der Waals surface area (Å²) in [5.41, 5.74) is 7.18. The van der Waals surface area contributed by atoms with Crippen LogP contribution < -0.4 is 10.6 Å². The van der Waals surface area contributed by atoms with Crippen LogP contribution >= 0.6 is 0 Å². The summed E-state index contributed by atoms with van der Waals surface area (Å²) in [5, 5.41) is 11.7. The van der Waals surface area contributed by atoms with E-state index in [1.807, 2.05) is 0 Å². The summed E-state index contributed by atoms with van der Waals surface area (Å²) in [7, 11) is 1.76. The molecule has 0 saturated carbocycles. The lowest BCUT2D eigenvalue weighted by atomic mass is 10.1. The smallest absolute Gasteiger partial charge is 0.172 e. The molecular weight excluding hydrogens is 276 g/mol. The highest BCUT2D eigenvalue weighted by Gasteiger charge is 2.13. The highest BCUT2D eigenvalue weighted by atomic mass is 19.1. The molecule has 0 bridgehead atoms. The summed E-state index contributed by atoms with van der Waals surface area (Å²) < 4.78 is 26.5. The Hall–Kier alpha value is -2.63. The molecule has 6 heteroatoms. The average molecular weight is 291 g/mol. The first kappa shape index (κ1) is 14.8. The lowest BCUT2D eigenvalue weighted by Crippen LogP contribution is -2.23. The number of anilines is 1. The van der Waals surface area contributed by atoms with Crippen LogP contribution in [0.3, 0.4) is 0 Å². The SMILES string of the molecule is CN(Cc1cccc(F)c1)c1ccc(F)cc1C(N)=NO. The standard InChI is InChI=1S/C15H15F2N3O/c1-20(9-10-3-2-4-11(16)7-10)14-6-5-12(17)8-13(14)15(18)19-21/h2-8,21H,9H2,1H3,(H2,18,19). The number of nitrogens with two attached hydrogens (primary N) is 1. The molecule has 2 rings (SSSR count). The number of hydrogen-bond donors (Lipinski definition) is 2. The van der Waals surface area contributed by atoms with Crippen LogP contribution in [0.5, 0.6) is 0 Å². The fourth-order valence-electron chi connectivity index (χ4n) is 2.09. The zero-order valence-corrected chi connectivity index (χ0v) is 11.4. The maximum absolute atomic E-state index is 13.3. The summed E-state index contributed by atoms with van der Waals surface area (Å²) in [6.07, 6.45) is 0. The molecular formula is C15H15F2N3O. The first-order valence-corrected chi connectivity index (χ1v) is 6.24.